The Kier molecular flexibility index (Phi) is 17.4. The maximum Gasteiger partial charge on any atom is 0.116 e. The third kappa shape index (κ3) is 16.9. The molecule has 0 bridgehead atoms. The molecule has 0 unspecified atom stereocenters. The monoisotopic (exact) mass is 238 g/mol. The highest BCUT2D eigenvalue weighted by Gasteiger charge is 1.82. The van der Waals surface area contributed by atoms with Crippen LogP contribution in [-0.2, 0) is 0 Å². The Morgan fingerprint density at radius 1 is 1.00 bits per heavy atom. The van der Waals surface area contributed by atoms with E-state index in [-0.39, 0.29) is 11.5 Å². The number of rotatable bonds is 0. The van der Waals surface area contributed by atoms with Gasteiger partial charge in [-0.05, 0) is 29.5 Å². The molecule has 0 atom stereocenters. The van der Waals surface area contributed by atoms with Gasteiger partial charge in [-0.2, -0.15) is 0 Å². The van der Waals surface area contributed by atoms with Gasteiger partial charge in [-0.15, -0.1) is 0 Å². The molecule has 1 rings (SSSR count). The average Bonchev–Trinajstić information content (AvgIpc) is 2.29. The van der Waals surface area contributed by atoms with Gasteiger partial charge >= 0.3 is 0 Å². The summed E-state index contributed by atoms with van der Waals surface area (Å²) >= 11 is 0. The van der Waals surface area contributed by atoms with Crippen LogP contribution in [0.15, 0.2) is 30.5 Å². The van der Waals surface area contributed by atoms with Gasteiger partial charge in [-0.1, -0.05) is 53.5 Å². The summed E-state index contributed by atoms with van der Waals surface area (Å²) < 4.78 is 0. The van der Waals surface area contributed by atoms with Crippen molar-refractivity contribution in [2.45, 2.75) is 34.6 Å². The fourth-order valence-electron chi connectivity index (χ4n) is 0.612. The fourth-order valence-corrected chi connectivity index (χ4v) is 0.612. The molecule has 2 N–H and O–H groups in total. The van der Waals surface area contributed by atoms with Gasteiger partial charge in [0.15, 0.2) is 0 Å². The van der Waals surface area contributed by atoms with E-state index in [1.165, 1.54) is 6.92 Å². The smallest absolute Gasteiger partial charge is 0.116 e. The van der Waals surface area contributed by atoms with Gasteiger partial charge in [-0.25, -0.2) is 0 Å². The Morgan fingerprint density at radius 3 is 1.59 bits per heavy atom. The van der Waals surface area contributed by atoms with Gasteiger partial charge in [0.1, 0.15) is 5.75 Å². The van der Waals surface area contributed by atoms with E-state index in [9.17, 15) is 0 Å². The molecule has 1 aromatic carbocycles. The zero-order valence-corrected chi connectivity index (χ0v) is 11.7. The van der Waals surface area contributed by atoms with Crippen LogP contribution >= 0.6 is 0 Å². The molecule has 0 aromatic heterocycles. The van der Waals surface area contributed by atoms with E-state index < -0.39 is 0 Å². The van der Waals surface area contributed by atoms with Crippen LogP contribution in [0.25, 0.3) is 13.2 Å². The number of phenols is 1. The first kappa shape index (κ1) is 20.7. The number of hydrogen-bond donors (Lipinski definition) is 2. The number of hydrogen-bond acceptors (Lipinski definition) is 2. The highest BCUT2D eigenvalue weighted by Crippen LogP contribution is 1.96. The summed E-state index contributed by atoms with van der Waals surface area (Å²) in [5.74, 6) is 0.410. The third-order valence-corrected chi connectivity index (χ3v) is 1.19. The highest BCUT2D eigenvalue weighted by atomic mass is 16.3. The molecule has 0 fully saturated rings. The lowest BCUT2D eigenvalue weighted by atomic mass is 10.2. The maximum atomic E-state index is 8.87. The first-order valence-electron chi connectivity index (χ1n) is 5.75. The minimum absolute atomic E-state index is 0.167. The molecule has 1 aromatic rings. The summed E-state index contributed by atoms with van der Waals surface area (Å²) in [4.78, 5) is 0. The molecule has 0 aliphatic heterocycles. The molecular weight excluding hydrogens is 212 g/mol. The van der Waals surface area contributed by atoms with Crippen molar-refractivity contribution < 1.29 is 10.2 Å². The molecule has 0 aliphatic rings. The lowest BCUT2D eigenvalue weighted by Gasteiger charge is -1.87. The molecule has 0 saturated heterocycles. The molecule has 0 spiro atoms. The summed E-state index contributed by atoms with van der Waals surface area (Å²) in [5.41, 5.74) is 0. The minimum atomic E-state index is 0.167. The zero-order valence-electron chi connectivity index (χ0n) is 11.7. The van der Waals surface area contributed by atoms with Crippen LogP contribution in [-0.4, -0.2) is 10.2 Å². The van der Waals surface area contributed by atoms with E-state index in [0.717, 1.165) is 10.4 Å². The van der Waals surface area contributed by atoms with Gasteiger partial charge < -0.3 is 10.2 Å². The number of benzene rings is 1. The van der Waals surface area contributed by atoms with E-state index in [0.29, 0.717) is 0 Å². The zero-order chi connectivity index (χ0) is 14.4. The molecule has 2 nitrogen and oxygen atoms in total. The van der Waals surface area contributed by atoms with Gasteiger partial charge in [0.2, 0.25) is 0 Å². The number of aliphatic hydroxyl groups is 1. The number of phenolic OH excluding ortho intramolecular Hbond substituents is 1. The van der Waals surface area contributed by atoms with E-state index >= 15 is 0 Å². The van der Waals surface area contributed by atoms with Gasteiger partial charge in [-0.3, -0.25) is 0 Å². The normalized spacial score (nSPS) is 7.12. The first-order chi connectivity index (χ1) is 7.93. The summed E-state index contributed by atoms with van der Waals surface area (Å²) in [5, 5.41) is 18.4. The predicted molar refractivity (Wildman–Crippen MR) is 78.5 cm³/mol. The Bertz CT molecular complexity index is 376. The van der Waals surface area contributed by atoms with Crippen molar-refractivity contribution in [3.05, 3.63) is 41.0 Å². The Hall–Kier alpha value is -1.70. The lowest BCUT2D eigenvalue weighted by Crippen LogP contribution is -2.19. The number of allylic oxidation sites excluding steroid dienone is 1. The molecule has 0 saturated carbocycles. The number of aliphatic hydroxyl groups excluding tert-OH is 1. The SMILES string of the molecule is C=C(C)O.C=c1ccc(O)cc1=C.CC.CC. The number of aromatic hydroxyl groups is 1. The predicted octanol–water partition coefficient (Wildman–Crippen LogP) is 3.34. The fraction of sp³-hybridized carbons (Fsp3) is 0.333. The van der Waals surface area contributed by atoms with Crippen molar-refractivity contribution in [2.75, 3.05) is 0 Å². The van der Waals surface area contributed by atoms with Crippen LogP contribution in [0.2, 0.25) is 0 Å². The highest BCUT2D eigenvalue weighted by molar-refractivity contribution is 5.25. The summed E-state index contributed by atoms with van der Waals surface area (Å²) in [7, 11) is 0. The van der Waals surface area contributed by atoms with Crippen molar-refractivity contribution in [3.63, 3.8) is 0 Å². The molecular formula is C15H26O2. The van der Waals surface area contributed by atoms with Crippen LogP contribution in [0.1, 0.15) is 34.6 Å². The second-order valence-electron chi connectivity index (χ2n) is 2.69. The van der Waals surface area contributed by atoms with E-state index in [1.807, 2.05) is 27.7 Å². The van der Waals surface area contributed by atoms with E-state index in [2.05, 4.69) is 19.7 Å². The Balaban J connectivity index is -0.000000208. The minimum Gasteiger partial charge on any atom is -0.513 e. The topological polar surface area (TPSA) is 40.5 Å². The van der Waals surface area contributed by atoms with Crippen molar-refractivity contribution in [3.8, 4) is 5.75 Å². The van der Waals surface area contributed by atoms with Crippen LogP contribution in [0.4, 0.5) is 0 Å². The molecule has 17 heavy (non-hydrogen) atoms. The van der Waals surface area contributed by atoms with Crippen LogP contribution in [0, 0.1) is 0 Å². The molecule has 98 valence electrons. The Labute approximate surface area is 105 Å². The quantitative estimate of drug-likeness (QED) is 0.681. The van der Waals surface area contributed by atoms with Crippen LogP contribution in [0.3, 0.4) is 0 Å². The van der Waals surface area contributed by atoms with Crippen molar-refractivity contribution >= 4 is 13.2 Å². The standard InChI is InChI=1S/C8H8O.C3H6O.2C2H6/c1-6-3-4-8(9)5-7(6)2;1-3(2)4;2*1-2/h3-5,9H,1-2H2;4H,1H2,2H3;2*1-2H3. The average molecular weight is 238 g/mol. The van der Waals surface area contributed by atoms with Gasteiger partial charge in [0.05, 0.1) is 5.76 Å². The van der Waals surface area contributed by atoms with E-state index in [1.54, 1.807) is 18.2 Å². The molecule has 0 radical (unpaired) electrons. The second-order valence-corrected chi connectivity index (χ2v) is 2.69. The molecule has 0 aliphatic carbocycles. The summed E-state index contributed by atoms with van der Waals surface area (Å²) in [6, 6.07) is 4.91. The third-order valence-electron chi connectivity index (χ3n) is 1.19. The Morgan fingerprint density at radius 2 is 1.35 bits per heavy atom. The largest absolute Gasteiger partial charge is 0.513 e. The van der Waals surface area contributed by atoms with Crippen molar-refractivity contribution in [1.82, 2.24) is 0 Å². The molecule has 0 amide bonds. The van der Waals surface area contributed by atoms with Crippen molar-refractivity contribution in [1.29, 1.82) is 0 Å². The molecule has 0 heterocycles. The van der Waals surface area contributed by atoms with Crippen molar-refractivity contribution in [2.24, 2.45) is 0 Å². The lowest BCUT2D eigenvalue weighted by molar-refractivity contribution is 0.417. The van der Waals surface area contributed by atoms with Gasteiger partial charge in [0.25, 0.3) is 0 Å². The van der Waals surface area contributed by atoms with Gasteiger partial charge in [0, 0.05) is 0 Å². The summed E-state index contributed by atoms with van der Waals surface area (Å²) in [6.45, 7) is 20.0. The van der Waals surface area contributed by atoms with E-state index in [4.69, 9.17) is 10.2 Å². The second kappa shape index (κ2) is 14.3. The van der Waals surface area contributed by atoms with Crippen LogP contribution < -0.4 is 10.4 Å². The first-order valence-corrected chi connectivity index (χ1v) is 5.75. The maximum absolute atomic E-state index is 8.87. The molecule has 2 heteroatoms. The van der Waals surface area contributed by atoms with Crippen LogP contribution in [0.5, 0.6) is 5.75 Å². The summed E-state index contributed by atoms with van der Waals surface area (Å²) in [6.07, 6.45) is 0.